The van der Waals surface area contributed by atoms with Crippen LogP contribution in [0.4, 0.5) is 10.5 Å². The van der Waals surface area contributed by atoms with E-state index in [0.29, 0.717) is 28.2 Å². The molecule has 1 amide bonds. The number of esters is 1. The standard InChI is InChI=1S/C20H23N3O4/c1-20(2,3)27-19(25)22-15-9-7-6-8-13(15)14-12-17(18(24)26-5)23(4)16(14)10-11-21/h6-9,12H,10H2,1-5H3,(H,22,25). The van der Waals surface area contributed by atoms with Crippen molar-refractivity contribution in [3.8, 4) is 17.2 Å². The summed E-state index contributed by atoms with van der Waals surface area (Å²) >= 11 is 0. The van der Waals surface area contributed by atoms with Crippen molar-refractivity contribution in [3.63, 3.8) is 0 Å². The molecule has 7 heteroatoms. The number of anilines is 1. The highest BCUT2D eigenvalue weighted by Gasteiger charge is 2.22. The number of methoxy groups -OCH3 is 1. The Kier molecular flexibility index (Phi) is 5.91. The molecule has 0 saturated carbocycles. The number of para-hydroxylation sites is 1. The minimum atomic E-state index is -0.629. The van der Waals surface area contributed by atoms with Gasteiger partial charge < -0.3 is 14.0 Å². The molecule has 0 aliphatic heterocycles. The van der Waals surface area contributed by atoms with Crippen molar-refractivity contribution in [2.45, 2.75) is 32.8 Å². The average Bonchev–Trinajstić information content (AvgIpc) is 2.90. The first kappa shape index (κ1) is 20.0. The van der Waals surface area contributed by atoms with Crippen LogP contribution >= 0.6 is 0 Å². The molecule has 7 nitrogen and oxygen atoms in total. The molecule has 0 spiro atoms. The topological polar surface area (TPSA) is 93.3 Å². The van der Waals surface area contributed by atoms with Gasteiger partial charge in [-0.25, -0.2) is 9.59 Å². The maximum Gasteiger partial charge on any atom is 0.412 e. The molecule has 2 aromatic rings. The number of carbonyl (C=O) groups excluding carboxylic acids is 2. The number of nitrogens with one attached hydrogen (secondary N) is 1. The van der Waals surface area contributed by atoms with Crippen LogP contribution in [0.3, 0.4) is 0 Å². The SMILES string of the molecule is COC(=O)c1cc(-c2ccccc2NC(=O)OC(C)(C)C)c(CC#N)n1C. The van der Waals surface area contributed by atoms with E-state index in [4.69, 9.17) is 9.47 Å². The highest BCUT2D eigenvalue weighted by Crippen LogP contribution is 2.33. The number of nitrogens with zero attached hydrogens (tertiary/aromatic N) is 2. The van der Waals surface area contributed by atoms with Crippen molar-refractivity contribution in [1.82, 2.24) is 4.57 Å². The largest absolute Gasteiger partial charge is 0.464 e. The number of aromatic nitrogens is 1. The summed E-state index contributed by atoms with van der Waals surface area (Å²) in [5, 5.41) is 11.9. The second-order valence-corrected chi connectivity index (χ2v) is 6.95. The van der Waals surface area contributed by atoms with E-state index in [9.17, 15) is 14.9 Å². The second-order valence-electron chi connectivity index (χ2n) is 6.95. The van der Waals surface area contributed by atoms with Crippen LogP contribution in [-0.2, 0) is 22.9 Å². The number of ether oxygens (including phenoxy) is 2. The van der Waals surface area contributed by atoms with Crippen molar-refractivity contribution in [2.75, 3.05) is 12.4 Å². The minimum absolute atomic E-state index is 0.101. The maximum absolute atomic E-state index is 12.2. The number of amides is 1. The fourth-order valence-electron chi connectivity index (χ4n) is 2.71. The van der Waals surface area contributed by atoms with Crippen molar-refractivity contribution in [1.29, 1.82) is 5.26 Å². The summed E-state index contributed by atoms with van der Waals surface area (Å²) in [5.74, 6) is -0.500. The van der Waals surface area contributed by atoms with E-state index in [-0.39, 0.29) is 6.42 Å². The molecule has 2 rings (SSSR count). The Balaban J connectivity index is 2.51. The first-order valence-corrected chi connectivity index (χ1v) is 8.41. The van der Waals surface area contributed by atoms with Crippen LogP contribution in [0.25, 0.3) is 11.1 Å². The first-order valence-electron chi connectivity index (χ1n) is 8.41. The summed E-state index contributed by atoms with van der Waals surface area (Å²) in [4.78, 5) is 24.2. The molecular weight excluding hydrogens is 346 g/mol. The lowest BCUT2D eigenvalue weighted by molar-refractivity contribution is 0.0587. The van der Waals surface area contributed by atoms with Crippen LogP contribution in [0.1, 0.15) is 37.0 Å². The van der Waals surface area contributed by atoms with Gasteiger partial charge in [-0.15, -0.1) is 0 Å². The quantitative estimate of drug-likeness (QED) is 0.825. The highest BCUT2D eigenvalue weighted by atomic mass is 16.6. The van der Waals surface area contributed by atoms with Crippen LogP contribution in [0.5, 0.6) is 0 Å². The van der Waals surface area contributed by atoms with Gasteiger partial charge in [-0.2, -0.15) is 5.26 Å². The molecule has 0 saturated heterocycles. The molecule has 0 unspecified atom stereocenters. The number of benzene rings is 1. The number of carbonyl (C=O) groups is 2. The van der Waals surface area contributed by atoms with E-state index in [1.807, 2.05) is 12.1 Å². The molecule has 142 valence electrons. The average molecular weight is 369 g/mol. The first-order chi connectivity index (χ1) is 12.7. The van der Waals surface area contributed by atoms with Gasteiger partial charge in [0, 0.05) is 23.9 Å². The van der Waals surface area contributed by atoms with E-state index in [2.05, 4.69) is 11.4 Å². The third kappa shape index (κ3) is 4.67. The number of hydrogen-bond acceptors (Lipinski definition) is 5. The molecule has 0 atom stereocenters. The smallest absolute Gasteiger partial charge is 0.412 e. The van der Waals surface area contributed by atoms with E-state index >= 15 is 0 Å². The van der Waals surface area contributed by atoms with E-state index in [0.717, 1.165) is 0 Å². The third-order valence-corrected chi connectivity index (χ3v) is 3.85. The van der Waals surface area contributed by atoms with Crippen LogP contribution in [-0.4, -0.2) is 29.3 Å². The molecule has 27 heavy (non-hydrogen) atoms. The van der Waals surface area contributed by atoms with E-state index in [1.165, 1.54) is 7.11 Å². The summed E-state index contributed by atoms with van der Waals surface area (Å²) < 4.78 is 11.8. The highest BCUT2D eigenvalue weighted by molar-refractivity contribution is 5.95. The fourth-order valence-corrected chi connectivity index (χ4v) is 2.71. The predicted molar refractivity (Wildman–Crippen MR) is 101 cm³/mol. The Labute approximate surface area is 158 Å². The lowest BCUT2D eigenvalue weighted by Gasteiger charge is -2.20. The molecule has 1 aromatic heterocycles. The van der Waals surface area contributed by atoms with Gasteiger partial charge in [0.15, 0.2) is 0 Å². The molecule has 0 aliphatic rings. The number of nitriles is 1. The molecule has 0 radical (unpaired) electrons. The zero-order valence-electron chi connectivity index (χ0n) is 16.1. The van der Waals surface area contributed by atoms with Crippen LogP contribution in [0.2, 0.25) is 0 Å². The maximum atomic E-state index is 12.2. The fraction of sp³-hybridized carbons (Fsp3) is 0.350. The van der Waals surface area contributed by atoms with Crippen LogP contribution < -0.4 is 5.32 Å². The summed E-state index contributed by atoms with van der Waals surface area (Å²) in [6.07, 6.45) is -0.482. The van der Waals surface area contributed by atoms with Gasteiger partial charge in [-0.1, -0.05) is 18.2 Å². The Morgan fingerprint density at radius 1 is 1.22 bits per heavy atom. The van der Waals surface area contributed by atoms with Crippen molar-refractivity contribution in [3.05, 3.63) is 41.7 Å². The Morgan fingerprint density at radius 2 is 1.89 bits per heavy atom. The molecular formula is C20H23N3O4. The predicted octanol–water partition coefficient (Wildman–Crippen LogP) is 3.89. The normalized spacial score (nSPS) is 10.8. The van der Waals surface area contributed by atoms with Crippen LogP contribution in [0, 0.1) is 11.3 Å². The Hall–Kier alpha value is -3.27. The number of hydrogen-bond donors (Lipinski definition) is 1. The lowest BCUT2D eigenvalue weighted by Crippen LogP contribution is -2.27. The number of rotatable bonds is 4. The molecule has 1 heterocycles. The Morgan fingerprint density at radius 3 is 2.48 bits per heavy atom. The van der Waals surface area contributed by atoms with Gasteiger partial charge in [0.2, 0.25) is 0 Å². The van der Waals surface area contributed by atoms with Gasteiger partial charge >= 0.3 is 12.1 Å². The zero-order valence-corrected chi connectivity index (χ0v) is 16.1. The van der Waals surface area contributed by atoms with Crippen molar-refractivity contribution < 1.29 is 19.1 Å². The molecule has 0 bridgehead atoms. The summed E-state index contributed by atoms with van der Waals surface area (Å²) in [7, 11) is 3.00. The molecule has 0 aliphatic carbocycles. The third-order valence-electron chi connectivity index (χ3n) is 3.85. The summed E-state index contributed by atoms with van der Waals surface area (Å²) in [6, 6.07) is 10.9. The van der Waals surface area contributed by atoms with Gasteiger partial charge in [-0.3, -0.25) is 5.32 Å². The monoisotopic (exact) mass is 369 g/mol. The van der Waals surface area contributed by atoms with Gasteiger partial charge in [0.1, 0.15) is 11.3 Å². The molecule has 1 aromatic carbocycles. The molecule has 1 N–H and O–H groups in total. The molecule has 0 fully saturated rings. The van der Waals surface area contributed by atoms with Gasteiger partial charge in [-0.05, 0) is 32.9 Å². The van der Waals surface area contributed by atoms with Crippen molar-refractivity contribution >= 4 is 17.7 Å². The summed E-state index contributed by atoms with van der Waals surface area (Å²) in [5.41, 5.74) is 2.22. The van der Waals surface area contributed by atoms with E-state index < -0.39 is 17.7 Å². The summed E-state index contributed by atoms with van der Waals surface area (Å²) in [6.45, 7) is 5.34. The minimum Gasteiger partial charge on any atom is -0.464 e. The zero-order chi connectivity index (χ0) is 20.2. The van der Waals surface area contributed by atoms with Crippen molar-refractivity contribution in [2.24, 2.45) is 7.05 Å². The second kappa shape index (κ2) is 7.96. The Bertz CT molecular complexity index is 901. The lowest BCUT2D eigenvalue weighted by atomic mass is 10.0. The van der Waals surface area contributed by atoms with Gasteiger partial charge in [0.25, 0.3) is 0 Å². The van der Waals surface area contributed by atoms with Gasteiger partial charge in [0.05, 0.1) is 25.3 Å². The van der Waals surface area contributed by atoms with Crippen LogP contribution in [0.15, 0.2) is 30.3 Å². The van der Waals surface area contributed by atoms with E-state index in [1.54, 1.807) is 50.6 Å².